The average molecular weight is 408 g/mol. The fourth-order valence-corrected chi connectivity index (χ4v) is 5.80. The zero-order valence-electron chi connectivity index (χ0n) is 17.4. The van der Waals surface area contributed by atoms with Gasteiger partial charge in [-0.2, -0.15) is 4.31 Å². The van der Waals surface area contributed by atoms with Gasteiger partial charge in [-0.15, -0.1) is 0 Å². The summed E-state index contributed by atoms with van der Waals surface area (Å²) in [5.41, 5.74) is 0.389. The Balaban J connectivity index is 1.68. The standard InChI is InChI=1S/C21H33N3O3S/c1-15-10-16(2)14-24(13-15)28(26,27)20-7-5-6-18(11-20)21(25)22-12-17(3)23(4)19-8-9-19/h5-7,11,15-17,19H,8-10,12-14H2,1-4H3,(H,22,25). The molecule has 0 spiro atoms. The highest BCUT2D eigenvalue weighted by Crippen LogP contribution is 2.28. The fourth-order valence-electron chi connectivity index (χ4n) is 4.08. The van der Waals surface area contributed by atoms with Crippen LogP contribution in [0.15, 0.2) is 29.2 Å². The summed E-state index contributed by atoms with van der Waals surface area (Å²) in [5.74, 6) is 0.457. The van der Waals surface area contributed by atoms with Crippen LogP contribution in [0.3, 0.4) is 0 Å². The normalized spacial score (nSPS) is 24.9. The monoisotopic (exact) mass is 407 g/mol. The van der Waals surface area contributed by atoms with Crippen LogP contribution in [-0.4, -0.2) is 62.3 Å². The van der Waals surface area contributed by atoms with Crippen molar-refractivity contribution >= 4 is 15.9 Å². The molecule has 1 aromatic rings. The first kappa shape index (κ1) is 21.3. The number of rotatable bonds is 7. The number of piperidine rings is 1. The molecule has 1 aliphatic heterocycles. The van der Waals surface area contributed by atoms with Crippen LogP contribution in [0.2, 0.25) is 0 Å². The van der Waals surface area contributed by atoms with Crippen LogP contribution in [0, 0.1) is 11.8 Å². The molecule has 2 aliphatic rings. The van der Waals surface area contributed by atoms with Gasteiger partial charge in [-0.3, -0.25) is 9.69 Å². The minimum atomic E-state index is -3.59. The van der Waals surface area contributed by atoms with E-state index in [1.165, 1.54) is 18.9 Å². The Labute approximate surface area is 169 Å². The molecule has 1 aromatic carbocycles. The maximum atomic E-state index is 13.1. The summed E-state index contributed by atoms with van der Waals surface area (Å²) in [4.78, 5) is 15.1. The Morgan fingerprint density at radius 1 is 1.25 bits per heavy atom. The molecule has 1 aliphatic carbocycles. The third-order valence-corrected chi connectivity index (χ3v) is 7.77. The number of nitrogens with zero attached hydrogens (tertiary/aromatic N) is 2. The van der Waals surface area contributed by atoms with Crippen LogP contribution in [0.25, 0.3) is 0 Å². The highest BCUT2D eigenvalue weighted by molar-refractivity contribution is 7.89. The van der Waals surface area contributed by atoms with Crippen molar-refractivity contribution < 1.29 is 13.2 Å². The van der Waals surface area contributed by atoms with Gasteiger partial charge in [-0.05, 0) is 63.3 Å². The minimum absolute atomic E-state index is 0.199. The molecule has 6 nitrogen and oxygen atoms in total. The Morgan fingerprint density at radius 2 is 1.89 bits per heavy atom. The van der Waals surface area contributed by atoms with Crippen LogP contribution in [-0.2, 0) is 10.0 Å². The van der Waals surface area contributed by atoms with Gasteiger partial charge < -0.3 is 5.32 Å². The van der Waals surface area contributed by atoms with Crippen molar-refractivity contribution in [3.63, 3.8) is 0 Å². The molecule has 28 heavy (non-hydrogen) atoms. The summed E-state index contributed by atoms with van der Waals surface area (Å²) in [6.45, 7) is 7.88. The first-order valence-electron chi connectivity index (χ1n) is 10.3. The second kappa shape index (κ2) is 8.51. The van der Waals surface area contributed by atoms with E-state index in [0.29, 0.717) is 43.1 Å². The average Bonchev–Trinajstić information content (AvgIpc) is 3.49. The predicted octanol–water partition coefficient (Wildman–Crippen LogP) is 2.57. The van der Waals surface area contributed by atoms with Crippen molar-refractivity contribution in [2.75, 3.05) is 26.7 Å². The third kappa shape index (κ3) is 4.93. The zero-order chi connectivity index (χ0) is 20.5. The Bertz CT molecular complexity index is 797. The van der Waals surface area contributed by atoms with Crippen LogP contribution in [0.4, 0.5) is 0 Å². The van der Waals surface area contributed by atoms with E-state index in [1.807, 2.05) is 0 Å². The second-order valence-electron chi connectivity index (χ2n) is 8.75. The maximum Gasteiger partial charge on any atom is 0.251 e. The molecule has 7 heteroatoms. The van der Waals surface area contributed by atoms with Gasteiger partial charge in [0.25, 0.3) is 5.91 Å². The van der Waals surface area contributed by atoms with E-state index in [-0.39, 0.29) is 16.8 Å². The van der Waals surface area contributed by atoms with E-state index in [4.69, 9.17) is 0 Å². The van der Waals surface area contributed by atoms with Crippen molar-refractivity contribution in [1.29, 1.82) is 0 Å². The molecule has 2 fully saturated rings. The van der Waals surface area contributed by atoms with Gasteiger partial charge in [0, 0.05) is 37.3 Å². The van der Waals surface area contributed by atoms with Gasteiger partial charge in [0.05, 0.1) is 4.90 Å². The second-order valence-corrected chi connectivity index (χ2v) is 10.7. The lowest BCUT2D eigenvalue weighted by Gasteiger charge is -2.34. The molecule has 3 unspecified atom stereocenters. The summed E-state index contributed by atoms with van der Waals surface area (Å²) >= 11 is 0. The van der Waals surface area contributed by atoms with Crippen LogP contribution < -0.4 is 5.32 Å². The summed E-state index contributed by atoms with van der Waals surface area (Å²) in [6.07, 6.45) is 3.49. The number of benzene rings is 1. The van der Waals surface area contributed by atoms with E-state index >= 15 is 0 Å². The number of carbonyl (C=O) groups excluding carboxylic acids is 1. The summed E-state index contributed by atoms with van der Waals surface area (Å²) in [6, 6.07) is 7.29. The lowest BCUT2D eigenvalue weighted by Crippen LogP contribution is -2.42. The lowest BCUT2D eigenvalue weighted by molar-refractivity contribution is 0.0939. The van der Waals surface area contributed by atoms with E-state index in [9.17, 15) is 13.2 Å². The number of carbonyl (C=O) groups is 1. The molecule has 0 radical (unpaired) electrons. The Hall–Kier alpha value is -1.44. The number of sulfonamides is 1. The molecular weight excluding hydrogens is 374 g/mol. The molecule has 0 aromatic heterocycles. The first-order valence-corrected chi connectivity index (χ1v) is 11.7. The van der Waals surface area contributed by atoms with Gasteiger partial charge in [-0.1, -0.05) is 19.9 Å². The van der Waals surface area contributed by atoms with Crippen molar-refractivity contribution in [3.8, 4) is 0 Å². The topological polar surface area (TPSA) is 69.7 Å². The molecule has 3 atom stereocenters. The minimum Gasteiger partial charge on any atom is -0.350 e. The van der Waals surface area contributed by atoms with Crippen LogP contribution in [0.1, 0.15) is 50.4 Å². The van der Waals surface area contributed by atoms with Gasteiger partial charge in [0.2, 0.25) is 10.0 Å². The van der Waals surface area contributed by atoms with Crippen molar-refractivity contribution in [2.45, 2.75) is 57.0 Å². The molecule has 156 valence electrons. The lowest BCUT2D eigenvalue weighted by atomic mass is 9.94. The number of likely N-dealkylation sites (N-methyl/N-ethyl adjacent to an activating group) is 1. The van der Waals surface area contributed by atoms with Crippen LogP contribution >= 0.6 is 0 Å². The van der Waals surface area contributed by atoms with E-state index < -0.39 is 10.0 Å². The zero-order valence-corrected chi connectivity index (χ0v) is 18.2. The molecule has 1 heterocycles. The molecule has 1 saturated carbocycles. The Morgan fingerprint density at radius 3 is 2.50 bits per heavy atom. The third-order valence-electron chi connectivity index (χ3n) is 5.95. The number of amides is 1. The van der Waals surface area contributed by atoms with Crippen molar-refractivity contribution in [2.24, 2.45) is 11.8 Å². The number of hydrogen-bond donors (Lipinski definition) is 1. The molecular formula is C21H33N3O3S. The number of hydrogen-bond acceptors (Lipinski definition) is 4. The van der Waals surface area contributed by atoms with E-state index in [2.05, 4.69) is 38.0 Å². The van der Waals surface area contributed by atoms with Crippen molar-refractivity contribution in [1.82, 2.24) is 14.5 Å². The highest BCUT2D eigenvalue weighted by atomic mass is 32.2. The quantitative estimate of drug-likeness (QED) is 0.754. The number of nitrogens with one attached hydrogen (secondary N) is 1. The summed E-state index contributed by atoms with van der Waals surface area (Å²) < 4.78 is 27.7. The summed E-state index contributed by atoms with van der Waals surface area (Å²) in [5, 5.41) is 2.95. The molecule has 1 amide bonds. The smallest absolute Gasteiger partial charge is 0.251 e. The molecule has 3 rings (SSSR count). The predicted molar refractivity (Wildman–Crippen MR) is 111 cm³/mol. The SMILES string of the molecule is CC1CC(C)CN(S(=O)(=O)c2cccc(C(=O)NCC(C)N(C)C3CC3)c2)C1. The fraction of sp³-hybridized carbons (Fsp3) is 0.667. The summed E-state index contributed by atoms with van der Waals surface area (Å²) in [7, 11) is -1.50. The van der Waals surface area contributed by atoms with Gasteiger partial charge in [0.15, 0.2) is 0 Å². The molecule has 0 bridgehead atoms. The maximum absolute atomic E-state index is 13.1. The largest absolute Gasteiger partial charge is 0.350 e. The van der Waals surface area contributed by atoms with Gasteiger partial charge in [-0.25, -0.2) is 8.42 Å². The van der Waals surface area contributed by atoms with Gasteiger partial charge >= 0.3 is 0 Å². The van der Waals surface area contributed by atoms with E-state index in [1.54, 1.807) is 22.5 Å². The van der Waals surface area contributed by atoms with E-state index in [0.717, 1.165) is 6.42 Å². The first-order chi connectivity index (χ1) is 13.2. The van der Waals surface area contributed by atoms with Crippen molar-refractivity contribution in [3.05, 3.63) is 29.8 Å². The molecule has 1 N–H and O–H groups in total. The Kier molecular flexibility index (Phi) is 6.47. The van der Waals surface area contributed by atoms with Crippen LogP contribution in [0.5, 0.6) is 0 Å². The van der Waals surface area contributed by atoms with Gasteiger partial charge in [0.1, 0.15) is 0 Å². The highest BCUT2D eigenvalue weighted by Gasteiger charge is 2.32. The molecule has 1 saturated heterocycles.